The summed E-state index contributed by atoms with van der Waals surface area (Å²) in [6, 6.07) is 48.3. The highest BCUT2D eigenvalue weighted by Gasteiger charge is 2.23. The van der Waals surface area contributed by atoms with Crippen LogP contribution in [0.15, 0.2) is 133 Å². The number of fused-ring (bicyclic) bond motifs is 5. The van der Waals surface area contributed by atoms with Gasteiger partial charge in [0.1, 0.15) is 0 Å². The van der Waals surface area contributed by atoms with E-state index < -0.39 is 0 Å². The first-order valence-electron chi connectivity index (χ1n) is 13.3. The molecule has 3 heteroatoms. The molecule has 0 saturated carbocycles. The van der Waals surface area contributed by atoms with E-state index in [1.165, 1.54) is 10.8 Å². The lowest BCUT2D eigenvalue weighted by molar-refractivity contribution is 0.476. The number of nitrogens with zero attached hydrogens (tertiary/aromatic N) is 2. The molecule has 3 nitrogen and oxygen atoms in total. The van der Waals surface area contributed by atoms with Crippen molar-refractivity contribution in [2.45, 2.75) is 0 Å². The van der Waals surface area contributed by atoms with Crippen LogP contribution in [-0.4, -0.2) is 4.57 Å². The van der Waals surface area contributed by atoms with E-state index in [2.05, 4.69) is 102 Å². The van der Waals surface area contributed by atoms with Crippen molar-refractivity contribution in [2.24, 2.45) is 0 Å². The molecule has 0 fully saturated rings. The van der Waals surface area contributed by atoms with E-state index in [9.17, 15) is 5.26 Å². The minimum Gasteiger partial charge on any atom is -0.453 e. The molecular weight excluding hydrogens is 488 g/mol. The van der Waals surface area contributed by atoms with Crippen molar-refractivity contribution < 1.29 is 4.74 Å². The number of benzene rings is 6. The highest BCUT2D eigenvalue weighted by Crippen LogP contribution is 2.45. The zero-order valence-electron chi connectivity index (χ0n) is 21.5. The van der Waals surface area contributed by atoms with Crippen molar-refractivity contribution >= 4 is 21.8 Å². The van der Waals surface area contributed by atoms with Gasteiger partial charge in [0.15, 0.2) is 11.5 Å². The standard InChI is InChI=1S/C37H22N2O/c38-23-29-21-26(24-8-2-1-3-9-24)16-18-30(29)28-11-6-10-25(20-28)27-17-19-33-32(22-27)31-12-7-15-36-37(31)39(33)34-13-4-5-14-35(34)40-36/h1-22H. The lowest BCUT2D eigenvalue weighted by Gasteiger charge is -2.20. The number of hydrogen-bond donors (Lipinski definition) is 0. The van der Waals surface area contributed by atoms with Gasteiger partial charge in [0.25, 0.3) is 0 Å². The van der Waals surface area contributed by atoms with Crippen molar-refractivity contribution in [3.8, 4) is 56.6 Å². The van der Waals surface area contributed by atoms with Crippen molar-refractivity contribution in [3.63, 3.8) is 0 Å². The van der Waals surface area contributed by atoms with E-state index in [1.807, 2.05) is 42.5 Å². The van der Waals surface area contributed by atoms with Gasteiger partial charge in [0, 0.05) is 10.8 Å². The summed E-state index contributed by atoms with van der Waals surface area (Å²) in [7, 11) is 0. The van der Waals surface area contributed by atoms with E-state index >= 15 is 0 Å². The molecule has 6 aromatic carbocycles. The molecule has 0 spiro atoms. The van der Waals surface area contributed by atoms with Gasteiger partial charge in [-0.2, -0.15) is 5.26 Å². The number of aromatic nitrogens is 1. The van der Waals surface area contributed by atoms with E-state index in [1.54, 1.807) is 0 Å². The van der Waals surface area contributed by atoms with Gasteiger partial charge < -0.3 is 9.30 Å². The normalized spacial score (nSPS) is 11.7. The molecule has 2 heterocycles. The van der Waals surface area contributed by atoms with Crippen molar-refractivity contribution in [3.05, 3.63) is 139 Å². The Hall–Kier alpha value is -5.59. The molecule has 7 aromatic rings. The van der Waals surface area contributed by atoms with E-state index in [4.69, 9.17) is 4.74 Å². The number of nitriles is 1. The van der Waals surface area contributed by atoms with Gasteiger partial charge in [0.2, 0.25) is 0 Å². The quantitative estimate of drug-likeness (QED) is 0.237. The Morgan fingerprint density at radius 3 is 2.12 bits per heavy atom. The molecule has 1 aliphatic heterocycles. The Balaban J connectivity index is 1.26. The minimum atomic E-state index is 0.668. The molecule has 40 heavy (non-hydrogen) atoms. The van der Waals surface area contributed by atoms with E-state index in [0.29, 0.717) is 5.56 Å². The number of ether oxygens (including phenoxy) is 1. The number of hydrogen-bond acceptors (Lipinski definition) is 2. The fourth-order valence-corrected chi connectivity index (χ4v) is 5.96. The average Bonchev–Trinajstić information content (AvgIpc) is 3.36. The first kappa shape index (κ1) is 22.4. The SMILES string of the molecule is N#Cc1cc(-c2ccccc2)ccc1-c1cccc(-c2ccc3c(c2)c2cccc4c2n3-c2ccccc2O4)c1. The topological polar surface area (TPSA) is 38.0 Å². The molecule has 8 rings (SSSR count). The smallest absolute Gasteiger partial charge is 0.152 e. The van der Waals surface area contributed by atoms with Gasteiger partial charge in [-0.3, -0.25) is 0 Å². The van der Waals surface area contributed by atoms with E-state index in [-0.39, 0.29) is 0 Å². The van der Waals surface area contributed by atoms with Crippen LogP contribution in [0, 0.1) is 11.3 Å². The van der Waals surface area contributed by atoms with Crippen LogP contribution in [0.2, 0.25) is 0 Å². The second-order valence-corrected chi connectivity index (χ2v) is 10.1. The summed E-state index contributed by atoms with van der Waals surface area (Å²) in [5.41, 5.74) is 10.3. The molecule has 0 amide bonds. The van der Waals surface area contributed by atoms with Crippen LogP contribution in [0.1, 0.15) is 5.56 Å². The van der Waals surface area contributed by atoms with Gasteiger partial charge in [-0.15, -0.1) is 0 Å². The second-order valence-electron chi connectivity index (χ2n) is 10.1. The van der Waals surface area contributed by atoms with Crippen LogP contribution in [-0.2, 0) is 0 Å². The molecule has 0 unspecified atom stereocenters. The van der Waals surface area contributed by atoms with Crippen molar-refractivity contribution in [1.29, 1.82) is 5.26 Å². The van der Waals surface area contributed by atoms with E-state index in [0.717, 1.165) is 61.6 Å². The van der Waals surface area contributed by atoms with Crippen LogP contribution >= 0.6 is 0 Å². The summed E-state index contributed by atoms with van der Waals surface area (Å²) in [5, 5.41) is 12.4. The van der Waals surface area contributed by atoms with Crippen LogP contribution in [0.3, 0.4) is 0 Å². The van der Waals surface area contributed by atoms with Gasteiger partial charge in [-0.1, -0.05) is 91.0 Å². The highest BCUT2D eigenvalue weighted by atomic mass is 16.5. The maximum absolute atomic E-state index is 10.0. The summed E-state index contributed by atoms with van der Waals surface area (Å²) >= 11 is 0. The first-order valence-corrected chi connectivity index (χ1v) is 13.3. The molecule has 0 radical (unpaired) electrons. The third-order valence-electron chi connectivity index (χ3n) is 7.83. The molecule has 0 bridgehead atoms. The molecule has 0 atom stereocenters. The molecule has 1 aromatic heterocycles. The van der Waals surface area contributed by atoms with Gasteiger partial charge >= 0.3 is 0 Å². The Morgan fingerprint density at radius 2 is 1.23 bits per heavy atom. The number of rotatable bonds is 3. The Kier molecular flexibility index (Phi) is 4.89. The monoisotopic (exact) mass is 510 g/mol. The van der Waals surface area contributed by atoms with Crippen molar-refractivity contribution in [1.82, 2.24) is 4.57 Å². The third-order valence-corrected chi connectivity index (χ3v) is 7.83. The molecule has 0 aliphatic carbocycles. The average molecular weight is 511 g/mol. The molecule has 0 saturated heterocycles. The summed E-state index contributed by atoms with van der Waals surface area (Å²) in [4.78, 5) is 0. The maximum Gasteiger partial charge on any atom is 0.152 e. The molecular formula is C37H22N2O. The maximum atomic E-state index is 10.0. The Labute approximate surface area is 231 Å². The first-order chi connectivity index (χ1) is 19.8. The fraction of sp³-hybridized carbons (Fsp3) is 0. The zero-order chi connectivity index (χ0) is 26.6. The highest BCUT2D eigenvalue weighted by molar-refractivity contribution is 6.13. The fourth-order valence-electron chi connectivity index (χ4n) is 5.96. The predicted octanol–water partition coefficient (Wildman–Crippen LogP) is 9.76. The van der Waals surface area contributed by atoms with Gasteiger partial charge in [-0.05, 0) is 75.8 Å². The van der Waals surface area contributed by atoms with Crippen LogP contribution in [0.25, 0.3) is 60.9 Å². The summed E-state index contributed by atoms with van der Waals surface area (Å²) in [6.07, 6.45) is 0. The predicted molar refractivity (Wildman–Crippen MR) is 162 cm³/mol. The Morgan fingerprint density at radius 1 is 0.525 bits per heavy atom. The lowest BCUT2D eigenvalue weighted by Crippen LogP contribution is -2.03. The molecule has 1 aliphatic rings. The summed E-state index contributed by atoms with van der Waals surface area (Å²) in [5.74, 6) is 1.74. The largest absolute Gasteiger partial charge is 0.453 e. The van der Waals surface area contributed by atoms with Crippen LogP contribution in [0.5, 0.6) is 11.5 Å². The second kappa shape index (κ2) is 8.73. The Bertz CT molecular complexity index is 2150. The van der Waals surface area contributed by atoms with Crippen molar-refractivity contribution in [2.75, 3.05) is 0 Å². The molecule has 0 N–H and O–H groups in total. The summed E-state index contributed by atoms with van der Waals surface area (Å²) in [6.45, 7) is 0. The van der Waals surface area contributed by atoms with Crippen LogP contribution < -0.4 is 4.74 Å². The van der Waals surface area contributed by atoms with Crippen LogP contribution in [0.4, 0.5) is 0 Å². The third kappa shape index (κ3) is 3.37. The summed E-state index contributed by atoms with van der Waals surface area (Å²) < 4.78 is 8.58. The zero-order valence-corrected chi connectivity index (χ0v) is 21.5. The molecule has 186 valence electrons. The minimum absolute atomic E-state index is 0.668. The van der Waals surface area contributed by atoms with Gasteiger partial charge in [0.05, 0.1) is 28.4 Å². The number of para-hydroxylation sites is 3. The lowest BCUT2D eigenvalue weighted by atomic mass is 9.93. The van der Waals surface area contributed by atoms with Gasteiger partial charge in [-0.25, -0.2) is 0 Å².